The summed E-state index contributed by atoms with van der Waals surface area (Å²) in [5.41, 5.74) is 1.06. The minimum Gasteiger partial charge on any atom is -0.309 e. The molecule has 0 aromatic carbocycles. The van der Waals surface area contributed by atoms with Crippen molar-refractivity contribution >= 4 is 0 Å². The van der Waals surface area contributed by atoms with Crippen molar-refractivity contribution < 1.29 is 4.39 Å². The Morgan fingerprint density at radius 2 is 2.20 bits per heavy atom. The van der Waals surface area contributed by atoms with Crippen LogP contribution in [0.1, 0.15) is 39.7 Å². The largest absolute Gasteiger partial charge is 0.309 e. The summed E-state index contributed by atoms with van der Waals surface area (Å²) in [6.45, 7) is 11.7. The van der Waals surface area contributed by atoms with Crippen LogP contribution in [0.25, 0.3) is 0 Å². The van der Waals surface area contributed by atoms with Crippen LogP contribution in [0, 0.1) is 11.7 Å². The van der Waals surface area contributed by atoms with Crippen molar-refractivity contribution in [2.24, 2.45) is 5.92 Å². The number of nitrogens with one attached hydrogen (secondary N) is 1. The topological polar surface area (TPSA) is 28.2 Å². The molecule has 1 saturated heterocycles. The average Bonchev–Trinajstić information content (AvgIpc) is 2.32. The molecule has 0 saturated carbocycles. The smallest absolute Gasteiger partial charge is 0.141 e. The quantitative estimate of drug-likeness (QED) is 0.918. The third-order valence-corrected chi connectivity index (χ3v) is 3.82. The van der Waals surface area contributed by atoms with Crippen LogP contribution in [-0.2, 0) is 6.54 Å². The van der Waals surface area contributed by atoms with Crippen molar-refractivity contribution in [1.29, 1.82) is 0 Å². The SMILES string of the molecule is CC(C)CC1CNC(C)(C)CN1Cc1cncc(F)c1. The second-order valence-electron chi connectivity index (χ2n) is 6.96. The highest BCUT2D eigenvalue weighted by molar-refractivity contribution is 5.11. The van der Waals surface area contributed by atoms with Gasteiger partial charge in [0.1, 0.15) is 5.82 Å². The number of pyridine rings is 1. The van der Waals surface area contributed by atoms with Crippen LogP contribution < -0.4 is 5.32 Å². The summed E-state index contributed by atoms with van der Waals surface area (Å²) >= 11 is 0. The van der Waals surface area contributed by atoms with Crippen molar-refractivity contribution in [2.45, 2.75) is 52.2 Å². The van der Waals surface area contributed by atoms with E-state index < -0.39 is 0 Å². The van der Waals surface area contributed by atoms with Gasteiger partial charge in [-0.2, -0.15) is 0 Å². The Labute approximate surface area is 121 Å². The second-order valence-corrected chi connectivity index (χ2v) is 6.96. The lowest BCUT2D eigenvalue weighted by molar-refractivity contribution is 0.0758. The molecule has 1 aromatic rings. The number of hydrogen-bond donors (Lipinski definition) is 1. The molecule has 4 heteroatoms. The second kappa shape index (κ2) is 6.19. The standard InChI is InChI=1S/C16H26FN3/c1-12(2)5-15-9-19-16(3,4)11-20(15)10-13-6-14(17)8-18-7-13/h6-8,12,15,19H,5,9-11H2,1-4H3. The molecule has 1 aromatic heterocycles. The summed E-state index contributed by atoms with van der Waals surface area (Å²) in [5, 5.41) is 3.61. The maximum atomic E-state index is 13.3. The van der Waals surface area contributed by atoms with E-state index in [-0.39, 0.29) is 11.4 Å². The van der Waals surface area contributed by atoms with Crippen LogP contribution in [0.4, 0.5) is 4.39 Å². The van der Waals surface area contributed by atoms with Gasteiger partial charge in [-0.15, -0.1) is 0 Å². The minimum absolute atomic E-state index is 0.105. The molecule has 0 bridgehead atoms. The van der Waals surface area contributed by atoms with E-state index >= 15 is 0 Å². The molecule has 0 spiro atoms. The van der Waals surface area contributed by atoms with Gasteiger partial charge in [-0.3, -0.25) is 9.88 Å². The monoisotopic (exact) mass is 279 g/mol. The Hall–Kier alpha value is -1.00. The van der Waals surface area contributed by atoms with Gasteiger partial charge in [-0.05, 0) is 37.8 Å². The Morgan fingerprint density at radius 3 is 2.85 bits per heavy atom. The molecule has 1 aliphatic heterocycles. The molecular formula is C16H26FN3. The molecule has 1 fully saturated rings. The van der Waals surface area contributed by atoms with E-state index in [1.807, 2.05) is 0 Å². The molecule has 112 valence electrons. The summed E-state index contributed by atoms with van der Waals surface area (Å²) < 4.78 is 13.3. The van der Waals surface area contributed by atoms with Gasteiger partial charge in [0.05, 0.1) is 6.20 Å². The molecule has 2 heterocycles. The lowest BCUT2D eigenvalue weighted by Crippen LogP contribution is -2.61. The van der Waals surface area contributed by atoms with Gasteiger partial charge in [-0.25, -0.2) is 4.39 Å². The van der Waals surface area contributed by atoms with Crippen LogP contribution in [-0.4, -0.2) is 34.6 Å². The van der Waals surface area contributed by atoms with Crippen molar-refractivity contribution in [3.05, 3.63) is 29.8 Å². The number of halogens is 1. The summed E-state index contributed by atoms with van der Waals surface area (Å²) in [5.74, 6) is 0.411. The van der Waals surface area contributed by atoms with Gasteiger partial charge in [0.2, 0.25) is 0 Å². The molecule has 0 radical (unpaired) electrons. The van der Waals surface area contributed by atoms with E-state index in [2.05, 4.69) is 42.9 Å². The highest BCUT2D eigenvalue weighted by Gasteiger charge is 2.32. The zero-order chi connectivity index (χ0) is 14.8. The maximum absolute atomic E-state index is 13.3. The van der Waals surface area contributed by atoms with Crippen LogP contribution in [0.2, 0.25) is 0 Å². The Kier molecular flexibility index (Phi) is 4.76. The van der Waals surface area contributed by atoms with E-state index in [0.717, 1.165) is 31.6 Å². The van der Waals surface area contributed by atoms with E-state index in [1.165, 1.54) is 6.20 Å². The maximum Gasteiger partial charge on any atom is 0.141 e. The Bertz CT molecular complexity index is 445. The van der Waals surface area contributed by atoms with Crippen LogP contribution in [0.15, 0.2) is 18.5 Å². The van der Waals surface area contributed by atoms with E-state index in [9.17, 15) is 4.39 Å². The lowest BCUT2D eigenvalue weighted by Gasteiger charge is -2.45. The number of rotatable bonds is 4. The number of nitrogens with zero attached hydrogens (tertiary/aromatic N) is 2. The highest BCUT2D eigenvalue weighted by atomic mass is 19.1. The first kappa shape index (κ1) is 15.4. The summed E-state index contributed by atoms with van der Waals surface area (Å²) in [7, 11) is 0. The normalized spacial score (nSPS) is 23.2. The van der Waals surface area contributed by atoms with E-state index in [4.69, 9.17) is 0 Å². The molecule has 1 aliphatic rings. The highest BCUT2D eigenvalue weighted by Crippen LogP contribution is 2.22. The number of hydrogen-bond acceptors (Lipinski definition) is 3. The van der Waals surface area contributed by atoms with Crippen LogP contribution >= 0.6 is 0 Å². The fourth-order valence-corrected chi connectivity index (χ4v) is 2.95. The molecule has 2 rings (SSSR count). The van der Waals surface area contributed by atoms with Crippen LogP contribution in [0.5, 0.6) is 0 Å². The fourth-order valence-electron chi connectivity index (χ4n) is 2.95. The molecule has 1 N–H and O–H groups in total. The van der Waals surface area contributed by atoms with Gasteiger partial charge in [0.25, 0.3) is 0 Å². The summed E-state index contributed by atoms with van der Waals surface area (Å²) in [4.78, 5) is 6.42. The third-order valence-electron chi connectivity index (χ3n) is 3.82. The number of piperazine rings is 1. The van der Waals surface area contributed by atoms with Gasteiger partial charge >= 0.3 is 0 Å². The summed E-state index contributed by atoms with van der Waals surface area (Å²) in [6.07, 6.45) is 4.19. The van der Waals surface area contributed by atoms with Crippen molar-refractivity contribution in [3.63, 3.8) is 0 Å². The molecular weight excluding hydrogens is 253 g/mol. The average molecular weight is 279 g/mol. The molecule has 0 amide bonds. The predicted molar refractivity (Wildman–Crippen MR) is 79.9 cm³/mol. The van der Waals surface area contributed by atoms with Crippen molar-refractivity contribution in [3.8, 4) is 0 Å². The molecule has 1 unspecified atom stereocenters. The van der Waals surface area contributed by atoms with Crippen molar-refractivity contribution in [2.75, 3.05) is 13.1 Å². The first-order chi connectivity index (χ1) is 9.35. The Balaban J connectivity index is 2.10. The molecule has 3 nitrogen and oxygen atoms in total. The van der Waals surface area contributed by atoms with Crippen molar-refractivity contribution in [1.82, 2.24) is 15.2 Å². The van der Waals surface area contributed by atoms with Gasteiger partial charge < -0.3 is 5.32 Å². The summed E-state index contributed by atoms with van der Waals surface area (Å²) in [6, 6.07) is 2.10. The van der Waals surface area contributed by atoms with Gasteiger partial charge in [0, 0.05) is 37.4 Å². The predicted octanol–water partition coefficient (Wildman–Crippen LogP) is 2.82. The molecule has 1 atom stereocenters. The number of aromatic nitrogens is 1. The van der Waals surface area contributed by atoms with E-state index in [1.54, 1.807) is 12.3 Å². The fraction of sp³-hybridized carbons (Fsp3) is 0.688. The van der Waals surface area contributed by atoms with Gasteiger partial charge in [-0.1, -0.05) is 13.8 Å². The minimum atomic E-state index is -0.252. The van der Waals surface area contributed by atoms with Gasteiger partial charge in [0.15, 0.2) is 0 Å². The van der Waals surface area contributed by atoms with Crippen LogP contribution in [0.3, 0.4) is 0 Å². The zero-order valence-electron chi connectivity index (χ0n) is 13.0. The molecule has 20 heavy (non-hydrogen) atoms. The third kappa shape index (κ3) is 4.25. The lowest BCUT2D eigenvalue weighted by atomic mass is 9.93. The first-order valence-electron chi connectivity index (χ1n) is 7.44. The van der Waals surface area contributed by atoms with E-state index in [0.29, 0.717) is 12.0 Å². The Morgan fingerprint density at radius 1 is 1.45 bits per heavy atom. The zero-order valence-corrected chi connectivity index (χ0v) is 13.0. The molecule has 0 aliphatic carbocycles. The first-order valence-corrected chi connectivity index (χ1v) is 7.44.